The molecule has 0 atom stereocenters. The zero-order valence-electron chi connectivity index (χ0n) is 30.0. The van der Waals surface area contributed by atoms with E-state index in [0.29, 0.717) is 23.3 Å². The summed E-state index contributed by atoms with van der Waals surface area (Å²) < 4.78 is 11.0. The summed E-state index contributed by atoms with van der Waals surface area (Å²) in [6.45, 7) is 0. The number of benzene rings is 7. The van der Waals surface area contributed by atoms with E-state index >= 15 is 0 Å². The van der Waals surface area contributed by atoms with Gasteiger partial charge in [0.15, 0.2) is 23.3 Å². The molecule has 8 heteroatoms. The van der Waals surface area contributed by atoms with E-state index in [1.165, 1.54) is 4.70 Å². The number of fused-ring (bicyclic) bond motifs is 9. The average Bonchev–Trinajstić information content (AvgIpc) is 3.98. The Morgan fingerprint density at radius 1 is 0.368 bits per heavy atom. The van der Waals surface area contributed by atoms with Crippen LogP contribution in [0.1, 0.15) is 0 Å². The van der Waals surface area contributed by atoms with Crippen molar-refractivity contribution < 1.29 is 4.42 Å². The Morgan fingerprint density at radius 2 is 0.947 bits per heavy atom. The molecule has 0 aliphatic heterocycles. The second kappa shape index (κ2) is 12.7. The van der Waals surface area contributed by atoms with Gasteiger partial charge < -0.3 is 4.42 Å². The lowest BCUT2D eigenvalue weighted by Crippen LogP contribution is -2.00. The van der Waals surface area contributed by atoms with Crippen molar-refractivity contribution in [1.82, 2.24) is 24.9 Å². The molecular formula is C49H27N5OS2. The third-order valence-electron chi connectivity index (χ3n) is 10.6. The highest BCUT2D eigenvalue weighted by atomic mass is 32.1. The topological polar surface area (TPSA) is 77.6 Å². The molecule has 0 aliphatic carbocycles. The van der Waals surface area contributed by atoms with Crippen LogP contribution < -0.4 is 0 Å². The first-order valence-corrected chi connectivity index (χ1v) is 20.3. The Bertz CT molecular complexity index is 3540. The van der Waals surface area contributed by atoms with Gasteiger partial charge in [-0.1, -0.05) is 133 Å². The van der Waals surface area contributed by atoms with Crippen LogP contribution in [-0.2, 0) is 0 Å². The third kappa shape index (κ3) is 5.12. The largest absolute Gasteiger partial charge is 0.455 e. The number of hydrogen-bond donors (Lipinski definition) is 0. The van der Waals surface area contributed by atoms with Gasteiger partial charge in [-0.2, -0.15) is 0 Å². The molecule has 12 rings (SSSR count). The molecule has 0 unspecified atom stereocenters. The molecule has 0 saturated carbocycles. The maximum Gasteiger partial charge on any atom is 0.167 e. The molecule has 0 aliphatic rings. The summed E-state index contributed by atoms with van der Waals surface area (Å²) >= 11 is 3.49. The summed E-state index contributed by atoms with van der Waals surface area (Å²) in [4.78, 5) is 26.1. The molecular weight excluding hydrogens is 739 g/mol. The zero-order valence-corrected chi connectivity index (χ0v) is 31.7. The molecule has 5 heterocycles. The number of thiophene rings is 2. The standard InChI is InChI=1S/C49H27N5OS2/c1-3-14-28(15-4-1)41-45-42(32-19-8-10-26-38(32)56-45)51-49(50-41)36-24-12-21-33-40-34(22-13-27-39(40)57-44(33)36)47-52-46(29-16-5-2-6-17-29)53-48(54-47)35-23-11-20-31-30-18-7-9-25-37(30)55-43(31)35/h1-27H. The van der Waals surface area contributed by atoms with Gasteiger partial charge in [0, 0.05) is 63.3 Å². The van der Waals surface area contributed by atoms with Gasteiger partial charge >= 0.3 is 0 Å². The summed E-state index contributed by atoms with van der Waals surface area (Å²) in [6.07, 6.45) is 0. The summed E-state index contributed by atoms with van der Waals surface area (Å²) in [6, 6.07) is 56.1. The smallest absolute Gasteiger partial charge is 0.167 e. The van der Waals surface area contributed by atoms with Gasteiger partial charge in [0.25, 0.3) is 0 Å². The molecule has 0 bridgehead atoms. The van der Waals surface area contributed by atoms with Gasteiger partial charge in [0.05, 0.1) is 21.5 Å². The van der Waals surface area contributed by atoms with Gasteiger partial charge in [0.2, 0.25) is 0 Å². The van der Waals surface area contributed by atoms with Crippen molar-refractivity contribution in [2.45, 2.75) is 0 Å². The molecule has 5 aromatic heterocycles. The minimum Gasteiger partial charge on any atom is -0.455 e. The summed E-state index contributed by atoms with van der Waals surface area (Å²) in [5.41, 5.74) is 8.22. The van der Waals surface area contributed by atoms with Gasteiger partial charge in [-0.25, -0.2) is 24.9 Å². The van der Waals surface area contributed by atoms with Gasteiger partial charge in [-0.15, -0.1) is 22.7 Å². The monoisotopic (exact) mass is 765 g/mol. The Labute approximate surface area is 333 Å². The van der Waals surface area contributed by atoms with Gasteiger partial charge in [-0.05, 0) is 30.3 Å². The maximum absolute atomic E-state index is 6.47. The van der Waals surface area contributed by atoms with Crippen molar-refractivity contribution in [2.24, 2.45) is 0 Å². The number of hydrogen-bond acceptors (Lipinski definition) is 8. The van der Waals surface area contributed by atoms with Crippen molar-refractivity contribution in [3.8, 4) is 56.8 Å². The van der Waals surface area contributed by atoms with Crippen LogP contribution in [0.25, 0.3) is 119 Å². The van der Waals surface area contributed by atoms with Crippen molar-refractivity contribution in [3.05, 3.63) is 164 Å². The second-order valence-corrected chi connectivity index (χ2v) is 16.1. The van der Waals surface area contributed by atoms with Crippen molar-refractivity contribution in [3.63, 3.8) is 0 Å². The van der Waals surface area contributed by atoms with E-state index < -0.39 is 0 Å². The number of aromatic nitrogens is 5. The quantitative estimate of drug-likeness (QED) is 0.174. The normalized spacial score (nSPS) is 11.9. The molecule has 7 aromatic carbocycles. The molecule has 6 nitrogen and oxygen atoms in total. The highest BCUT2D eigenvalue weighted by Gasteiger charge is 2.22. The third-order valence-corrected chi connectivity index (χ3v) is 13.0. The Kier molecular flexibility index (Phi) is 7.17. The predicted molar refractivity (Wildman–Crippen MR) is 236 cm³/mol. The fourth-order valence-electron chi connectivity index (χ4n) is 7.97. The van der Waals surface area contributed by atoms with E-state index in [-0.39, 0.29) is 0 Å². The van der Waals surface area contributed by atoms with Gasteiger partial charge in [0.1, 0.15) is 11.2 Å². The summed E-state index contributed by atoms with van der Waals surface area (Å²) in [7, 11) is 0. The number of nitrogens with zero attached hydrogens (tertiary/aromatic N) is 5. The van der Waals surface area contributed by atoms with Crippen molar-refractivity contribution in [2.75, 3.05) is 0 Å². The van der Waals surface area contributed by atoms with Crippen LogP contribution in [0, 0.1) is 0 Å². The SMILES string of the molecule is c1ccc(-c2nc(-c3cccc4c3oc3ccccc34)nc(-c3cccc4sc5c(-c6nc(-c7ccccc7)c7sc8ccccc8c7n6)cccc5c34)n2)cc1. The first kappa shape index (κ1) is 32.1. The van der Waals surface area contributed by atoms with Crippen LogP contribution in [0.4, 0.5) is 0 Å². The van der Waals surface area contributed by atoms with E-state index in [1.807, 2.05) is 66.7 Å². The minimum absolute atomic E-state index is 0.555. The first-order chi connectivity index (χ1) is 28.2. The fourth-order valence-corrected chi connectivity index (χ4v) is 10.4. The number of rotatable bonds is 5. The van der Waals surface area contributed by atoms with Crippen molar-refractivity contribution >= 4 is 85.1 Å². The van der Waals surface area contributed by atoms with Crippen LogP contribution in [0.2, 0.25) is 0 Å². The molecule has 0 saturated heterocycles. The molecule has 0 amide bonds. The molecule has 266 valence electrons. The number of furan rings is 1. The average molecular weight is 766 g/mol. The summed E-state index contributed by atoms with van der Waals surface area (Å²) in [5, 5.41) is 5.41. The van der Waals surface area contributed by atoms with Crippen LogP contribution in [0.3, 0.4) is 0 Å². The van der Waals surface area contributed by atoms with Crippen LogP contribution >= 0.6 is 22.7 Å². The van der Waals surface area contributed by atoms with Crippen LogP contribution in [-0.4, -0.2) is 24.9 Å². The Balaban J connectivity index is 1.09. The summed E-state index contributed by atoms with van der Waals surface area (Å²) in [5.74, 6) is 2.45. The maximum atomic E-state index is 6.47. The molecule has 0 spiro atoms. The number of para-hydroxylation sites is 2. The molecule has 0 radical (unpaired) electrons. The highest BCUT2D eigenvalue weighted by Crippen LogP contribution is 2.45. The van der Waals surface area contributed by atoms with E-state index in [1.54, 1.807) is 22.7 Å². The van der Waals surface area contributed by atoms with Crippen molar-refractivity contribution in [1.29, 1.82) is 0 Å². The van der Waals surface area contributed by atoms with Gasteiger partial charge in [-0.3, -0.25) is 0 Å². The van der Waals surface area contributed by atoms with Crippen LogP contribution in [0.15, 0.2) is 168 Å². The molecule has 12 aromatic rings. The molecule has 57 heavy (non-hydrogen) atoms. The first-order valence-electron chi connectivity index (χ1n) is 18.7. The molecule has 0 fully saturated rings. The van der Waals surface area contributed by atoms with E-state index in [4.69, 9.17) is 29.3 Å². The lowest BCUT2D eigenvalue weighted by atomic mass is 10.0. The second-order valence-electron chi connectivity index (χ2n) is 14.0. The zero-order chi connectivity index (χ0) is 37.5. The van der Waals surface area contributed by atoms with E-state index in [2.05, 4.69) is 97.1 Å². The lowest BCUT2D eigenvalue weighted by Gasteiger charge is -2.10. The Hall–Kier alpha value is -7.13. The predicted octanol–water partition coefficient (Wildman–Crippen LogP) is 13.6. The molecule has 0 N–H and O–H groups in total. The fraction of sp³-hybridized carbons (Fsp3) is 0. The minimum atomic E-state index is 0.555. The lowest BCUT2D eigenvalue weighted by molar-refractivity contribution is 0.669. The highest BCUT2D eigenvalue weighted by molar-refractivity contribution is 7.26. The van der Waals surface area contributed by atoms with Crippen LogP contribution in [0.5, 0.6) is 0 Å². The Morgan fingerprint density at radius 3 is 1.79 bits per heavy atom. The van der Waals surface area contributed by atoms with E-state index in [9.17, 15) is 0 Å². The van der Waals surface area contributed by atoms with E-state index in [0.717, 1.165) is 91.2 Å².